The lowest BCUT2D eigenvalue weighted by molar-refractivity contribution is -0.118. The molecular formula is C19H17N5O2S. The van der Waals surface area contributed by atoms with Crippen LogP contribution in [0.15, 0.2) is 53.6 Å². The van der Waals surface area contributed by atoms with Crippen molar-refractivity contribution in [1.82, 2.24) is 20.2 Å². The van der Waals surface area contributed by atoms with Gasteiger partial charge in [0.15, 0.2) is 5.82 Å². The number of pyridine rings is 1. The fraction of sp³-hybridized carbons (Fsp3) is 0.211. The summed E-state index contributed by atoms with van der Waals surface area (Å²) in [6, 6.07) is 13.3. The molecule has 0 saturated heterocycles. The number of nitrogens with zero attached hydrogens (tertiary/aromatic N) is 4. The number of aromatic nitrogens is 4. The van der Waals surface area contributed by atoms with Crippen LogP contribution in [0.1, 0.15) is 12.2 Å². The van der Waals surface area contributed by atoms with Gasteiger partial charge in [-0.1, -0.05) is 18.2 Å². The number of fused-ring (bicyclic) bond motifs is 1. The fourth-order valence-corrected chi connectivity index (χ4v) is 3.83. The highest BCUT2D eigenvalue weighted by molar-refractivity contribution is 8.00. The Balaban J connectivity index is 1.38. The van der Waals surface area contributed by atoms with Gasteiger partial charge in [-0.15, -0.1) is 11.8 Å². The van der Waals surface area contributed by atoms with Crippen LogP contribution in [0.4, 0.5) is 5.69 Å². The maximum absolute atomic E-state index is 12.4. The number of hydrogen-bond acceptors (Lipinski definition) is 6. The normalized spacial score (nSPS) is 13.5. The third-order valence-corrected chi connectivity index (χ3v) is 5.26. The largest absolute Gasteiger partial charge is 0.310 e. The van der Waals surface area contributed by atoms with E-state index < -0.39 is 0 Å². The summed E-state index contributed by atoms with van der Waals surface area (Å²) < 4.78 is 0. The van der Waals surface area contributed by atoms with Crippen LogP contribution in [-0.4, -0.2) is 44.2 Å². The molecule has 0 atom stereocenters. The van der Waals surface area contributed by atoms with Gasteiger partial charge in [0, 0.05) is 24.1 Å². The Bertz CT molecular complexity index is 973. The number of rotatable bonds is 6. The second-order valence-corrected chi connectivity index (χ2v) is 7.11. The van der Waals surface area contributed by atoms with Gasteiger partial charge in [0.1, 0.15) is 17.3 Å². The highest BCUT2D eigenvalue weighted by atomic mass is 32.2. The zero-order chi connectivity index (χ0) is 18.6. The molecule has 0 saturated carbocycles. The van der Waals surface area contributed by atoms with E-state index in [1.165, 1.54) is 11.8 Å². The monoisotopic (exact) mass is 379 g/mol. The molecule has 3 heterocycles. The van der Waals surface area contributed by atoms with Crippen LogP contribution in [0.5, 0.6) is 0 Å². The number of carbonyl (C=O) groups excluding carboxylic acids is 2. The minimum Gasteiger partial charge on any atom is -0.310 e. The fourth-order valence-electron chi connectivity index (χ4n) is 2.89. The van der Waals surface area contributed by atoms with Crippen molar-refractivity contribution in [3.63, 3.8) is 0 Å². The van der Waals surface area contributed by atoms with Crippen LogP contribution in [-0.2, 0) is 16.0 Å². The van der Waals surface area contributed by atoms with Crippen molar-refractivity contribution in [2.24, 2.45) is 0 Å². The molecule has 0 fully saturated rings. The van der Waals surface area contributed by atoms with Crippen LogP contribution < -0.4 is 4.90 Å². The van der Waals surface area contributed by atoms with E-state index in [1.807, 2.05) is 42.5 Å². The lowest BCUT2D eigenvalue weighted by atomic mass is 10.2. The van der Waals surface area contributed by atoms with Gasteiger partial charge in [-0.05, 0) is 24.3 Å². The average molecular weight is 379 g/mol. The number of nitrogens with one attached hydrogen (secondary N) is 1. The Morgan fingerprint density at radius 2 is 2.04 bits per heavy atom. The van der Waals surface area contributed by atoms with Crippen molar-refractivity contribution < 1.29 is 9.59 Å². The third-order valence-electron chi connectivity index (χ3n) is 4.21. The van der Waals surface area contributed by atoms with Crippen LogP contribution in [0.3, 0.4) is 0 Å². The van der Waals surface area contributed by atoms with E-state index in [4.69, 9.17) is 0 Å². The highest BCUT2D eigenvalue weighted by Gasteiger charge is 2.24. The Morgan fingerprint density at radius 1 is 1.19 bits per heavy atom. The first kappa shape index (κ1) is 17.4. The standard InChI is InChI=1S/C19H17N5O2S/c25-13(11-17-21-19(23-22-17)14-5-3-4-9-20-14)8-10-24-15-6-1-2-7-16(15)27-12-18(24)26/h1-7,9H,8,10-12H2,(H,21,22,23). The Morgan fingerprint density at radius 3 is 2.89 bits per heavy atom. The second-order valence-electron chi connectivity index (χ2n) is 6.09. The molecule has 8 heteroatoms. The van der Waals surface area contributed by atoms with Crippen molar-refractivity contribution in [1.29, 1.82) is 0 Å². The van der Waals surface area contributed by atoms with Crippen LogP contribution in [0.25, 0.3) is 11.5 Å². The molecule has 1 N–H and O–H groups in total. The lowest BCUT2D eigenvalue weighted by Crippen LogP contribution is -2.37. The molecule has 3 aromatic rings. The minimum absolute atomic E-state index is 0.00206. The molecule has 1 aliphatic rings. The summed E-state index contributed by atoms with van der Waals surface area (Å²) in [5, 5.41) is 6.90. The highest BCUT2D eigenvalue weighted by Crippen LogP contribution is 2.34. The van der Waals surface area contributed by atoms with Crippen molar-refractivity contribution in [2.45, 2.75) is 17.7 Å². The molecule has 136 valence electrons. The molecule has 1 aromatic carbocycles. The minimum atomic E-state index is 0.00206. The van der Waals surface area contributed by atoms with E-state index in [-0.39, 0.29) is 24.5 Å². The number of anilines is 1. The summed E-state index contributed by atoms with van der Waals surface area (Å²) in [6.07, 6.45) is 2.09. The van der Waals surface area contributed by atoms with E-state index in [9.17, 15) is 9.59 Å². The smallest absolute Gasteiger partial charge is 0.237 e. The first-order valence-corrected chi connectivity index (χ1v) is 9.56. The molecule has 2 aromatic heterocycles. The predicted octanol–water partition coefficient (Wildman–Crippen LogP) is 2.51. The lowest BCUT2D eigenvalue weighted by Gasteiger charge is -2.28. The van der Waals surface area contributed by atoms with Gasteiger partial charge in [-0.3, -0.25) is 19.7 Å². The van der Waals surface area contributed by atoms with E-state index in [2.05, 4.69) is 20.2 Å². The first-order valence-electron chi connectivity index (χ1n) is 8.57. The number of aromatic amines is 1. The molecule has 0 unspecified atom stereocenters. The van der Waals surface area contributed by atoms with Gasteiger partial charge in [0.2, 0.25) is 5.91 Å². The number of ketones is 1. The number of benzene rings is 1. The van der Waals surface area contributed by atoms with Gasteiger partial charge >= 0.3 is 0 Å². The molecule has 4 rings (SSSR count). The Labute approximate surface area is 160 Å². The SMILES string of the molecule is O=C(CCN1C(=O)CSc2ccccc21)Cc1nc(-c2ccccn2)n[nH]1. The van der Waals surface area contributed by atoms with Crippen molar-refractivity contribution in [2.75, 3.05) is 17.2 Å². The van der Waals surface area contributed by atoms with Crippen molar-refractivity contribution in [3.8, 4) is 11.5 Å². The van der Waals surface area contributed by atoms with Crippen LogP contribution >= 0.6 is 11.8 Å². The number of H-pyrrole nitrogens is 1. The van der Waals surface area contributed by atoms with Crippen molar-refractivity contribution in [3.05, 3.63) is 54.5 Å². The molecule has 0 aliphatic carbocycles. The number of amides is 1. The van der Waals surface area contributed by atoms with Gasteiger partial charge in [-0.25, -0.2) is 4.98 Å². The summed E-state index contributed by atoms with van der Waals surface area (Å²) in [7, 11) is 0. The summed E-state index contributed by atoms with van der Waals surface area (Å²) in [6.45, 7) is 0.372. The number of thioether (sulfide) groups is 1. The molecule has 0 radical (unpaired) electrons. The molecule has 0 bridgehead atoms. The first-order chi connectivity index (χ1) is 13.2. The third kappa shape index (κ3) is 3.90. The van der Waals surface area contributed by atoms with E-state index in [0.717, 1.165) is 10.6 Å². The quantitative estimate of drug-likeness (QED) is 0.707. The summed E-state index contributed by atoms with van der Waals surface area (Å²) in [5.74, 6) is 1.41. The molecule has 27 heavy (non-hydrogen) atoms. The zero-order valence-corrected chi connectivity index (χ0v) is 15.3. The Hall–Kier alpha value is -3.00. The summed E-state index contributed by atoms with van der Waals surface area (Å²) in [5.41, 5.74) is 1.53. The number of hydrogen-bond donors (Lipinski definition) is 1. The van der Waals surface area contributed by atoms with Crippen LogP contribution in [0.2, 0.25) is 0 Å². The van der Waals surface area contributed by atoms with E-state index in [1.54, 1.807) is 11.1 Å². The second kappa shape index (κ2) is 7.71. The number of para-hydroxylation sites is 1. The van der Waals surface area contributed by atoms with Crippen molar-refractivity contribution >= 4 is 29.1 Å². The Kier molecular flexibility index (Phi) is 4.97. The van der Waals surface area contributed by atoms with Crippen LogP contribution in [0, 0.1) is 0 Å². The predicted molar refractivity (Wildman–Crippen MR) is 102 cm³/mol. The molecule has 1 amide bonds. The zero-order valence-electron chi connectivity index (χ0n) is 14.5. The molecule has 7 nitrogen and oxygen atoms in total. The molecular weight excluding hydrogens is 362 g/mol. The van der Waals surface area contributed by atoms with Gasteiger partial charge < -0.3 is 4.90 Å². The molecule has 0 spiro atoms. The maximum atomic E-state index is 12.4. The number of Topliss-reactive ketones (excluding diaryl/α,β-unsaturated/α-hetero) is 1. The van der Waals surface area contributed by atoms with E-state index >= 15 is 0 Å². The van der Waals surface area contributed by atoms with Gasteiger partial charge in [-0.2, -0.15) is 5.10 Å². The molecule has 1 aliphatic heterocycles. The number of carbonyl (C=O) groups is 2. The van der Waals surface area contributed by atoms with Gasteiger partial charge in [0.05, 0.1) is 17.9 Å². The summed E-state index contributed by atoms with van der Waals surface area (Å²) >= 11 is 1.53. The van der Waals surface area contributed by atoms with Gasteiger partial charge in [0.25, 0.3) is 0 Å². The van der Waals surface area contributed by atoms with E-state index in [0.29, 0.717) is 29.6 Å². The maximum Gasteiger partial charge on any atom is 0.237 e. The average Bonchev–Trinajstić information content (AvgIpc) is 3.16. The summed E-state index contributed by atoms with van der Waals surface area (Å²) in [4.78, 5) is 35.9. The topological polar surface area (TPSA) is 91.8 Å².